The molecule has 1 amide bonds. The Morgan fingerprint density at radius 2 is 1.96 bits per heavy atom. The molecule has 0 spiro atoms. The molecule has 2 aromatic carbocycles. The Hall–Kier alpha value is -3.02. The molecule has 23 heavy (non-hydrogen) atoms. The van der Waals surface area contributed by atoms with Crippen molar-refractivity contribution < 1.29 is 13.6 Å². The van der Waals surface area contributed by atoms with Crippen LogP contribution >= 0.6 is 0 Å². The van der Waals surface area contributed by atoms with Gasteiger partial charge in [-0.3, -0.25) is 4.79 Å². The number of benzene rings is 2. The average Bonchev–Trinajstić information content (AvgIpc) is 3.06. The Kier molecular flexibility index (Phi) is 3.89. The van der Waals surface area contributed by atoms with Gasteiger partial charge in [0.25, 0.3) is 5.91 Å². The van der Waals surface area contributed by atoms with Gasteiger partial charge in [-0.2, -0.15) is 5.10 Å². The number of hydrogen-bond acceptors (Lipinski definition) is 2. The van der Waals surface area contributed by atoms with Crippen molar-refractivity contribution in [2.24, 2.45) is 0 Å². The van der Waals surface area contributed by atoms with Crippen molar-refractivity contribution in [3.63, 3.8) is 0 Å². The maximum absolute atomic E-state index is 14.1. The van der Waals surface area contributed by atoms with E-state index in [1.54, 1.807) is 31.5 Å². The van der Waals surface area contributed by atoms with Crippen molar-refractivity contribution in [2.45, 2.75) is 6.92 Å². The standard InChI is InChI=1S/C17H13F2N3O/c1-11-6-7-12(10-14(11)19)17(23)21-16-13(18)4-2-5-15(16)22-9-3-8-20-22/h2-10H,1H3,(H,21,23). The van der Waals surface area contributed by atoms with Crippen LogP contribution in [0.25, 0.3) is 5.69 Å². The van der Waals surface area contributed by atoms with Crippen LogP contribution in [0.3, 0.4) is 0 Å². The fourth-order valence-electron chi connectivity index (χ4n) is 2.16. The van der Waals surface area contributed by atoms with Gasteiger partial charge in [-0.15, -0.1) is 0 Å². The summed E-state index contributed by atoms with van der Waals surface area (Å²) in [6.07, 6.45) is 3.18. The number of aryl methyl sites for hydroxylation is 1. The van der Waals surface area contributed by atoms with Crippen LogP contribution in [-0.2, 0) is 0 Å². The summed E-state index contributed by atoms with van der Waals surface area (Å²) in [6, 6.07) is 10.2. The van der Waals surface area contributed by atoms with Crippen LogP contribution in [0.4, 0.5) is 14.5 Å². The lowest BCUT2D eigenvalue weighted by Crippen LogP contribution is -2.15. The van der Waals surface area contributed by atoms with E-state index in [1.165, 1.54) is 28.9 Å². The number of carbonyl (C=O) groups is 1. The zero-order valence-corrected chi connectivity index (χ0v) is 12.3. The molecule has 1 aromatic heterocycles. The van der Waals surface area contributed by atoms with E-state index in [2.05, 4.69) is 10.4 Å². The molecule has 0 aliphatic carbocycles. The molecule has 6 heteroatoms. The minimum Gasteiger partial charge on any atom is -0.318 e. The van der Waals surface area contributed by atoms with Crippen molar-refractivity contribution in [3.8, 4) is 5.69 Å². The van der Waals surface area contributed by atoms with Crippen LogP contribution in [0, 0.1) is 18.6 Å². The summed E-state index contributed by atoms with van der Waals surface area (Å²) in [7, 11) is 0. The van der Waals surface area contributed by atoms with E-state index in [9.17, 15) is 13.6 Å². The number of halogens is 2. The van der Waals surface area contributed by atoms with Crippen molar-refractivity contribution in [1.82, 2.24) is 9.78 Å². The number of hydrogen-bond donors (Lipinski definition) is 1. The highest BCUT2D eigenvalue weighted by molar-refractivity contribution is 6.05. The molecule has 0 saturated carbocycles. The van der Waals surface area contributed by atoms with Crippen LogP contribution in [0.15, 0.2) is 54.9 Å². The molecule has 0 atom stereocenters. The maximum Gasteiger partial charge on any atom is 0.255 e. The Bertz CT molecular complexity index is 860. The second-order valence-corrected chi connectivity index (χ2v) is 5.00. The summed E-state index contributed by atoms with van der Waals surface area (Å²) >= 11 is 0. The van der Waals surface area contributed by atoms with Crippen LogP contribution in [0.1, 0.15) is 15.9 Å². The summed E-state index contributed by atoms with van der Waals surface area (Å²) in [5, 5.41) is 6.52. The molecule has 116 valence electrons. The van der Waals surface area contributed by atoms with Gasteiger partial charge in [0.1, 0.15) is 17.3 Å². The molecule has 0 aliphatic heterocycles. The van der Waals surface area contributed by atoms with Gasteiger partial charge in [0.2, 0.25) is 0 Å². The Morgan fingerprint density at radius 3 is 2.65 bits per heavy atom. The SMILES string of the molecule is Cc1ccc(C(=O)Nc2c(F)cccc2-n2cccn2)cc1F. The first-order valence-corrected chi connectivity index (χ1v) is 6.92. The third kappa shape index (κ3) is 2.96. The molecular weight excluding hydrogens is 300 g/mol. The Balaban J connectivity index is 1.96. The number of amides is 1. The van der Waals surface area contributed by atoms with Gasteiger partial charge < -0.3 is 5.32 Å². The van der Waals surface area contributed by atoms with Gasteiger partial charge in [0.15, 0.2) is 0 Å². The number of aromatic nitrogens is 2. The number of nitrogens with zero attached hydrogens (tertiary/aromatic N) is 2. The first-order valence-electron chi connectivity index (χ1n) is 6.92. The summed E-state index contributed by atoms with van der Waals surface area (Å²) in [5.74, 6) is -1.68. The van der Waals surface area contributed by atoms with Crippen molar-refractivity contribution in [2.75, 3.05) is 5.32 Å². The number of nitrogens with one attached hydrogen (secondary N) is 1. The predicted octanol–water partition coefficient (Wildman–Crippen LogP) is 3.71. The van der Waals surface area contributed by atoms with E-state index in [1.807, 2.05) is 0 Å². The largest absolute Gasteiger partial charge is 0.318 e. The summed E-state index contributed by atoms with van der Waals surface area (Å²) in [6.45, 7) is 1.60. The van der Waals surface area contributed by atoms with E-state index in [0.717, 1.165) is 6.07 Å². The van der Waals surface area contributed by atoms with E-state index in [-0.39, 0.29) is 11.3 Å². The molecule has 0 fully saturated rings. The molecule has 3 rings (SSSR count). The van der Waals surface area contributed by atoms with Crippen molar-refractivity contribution >= 4 is 11.6 Å². The van der Waals surface area contributed by atoms with Crippen LogP contribution < -0.4 is 5.32 Å². The molecule has 1 heterocycles. The topological polar surface area (TPSA) is 46.9 Å². The monoisotopic (exact) mass is 313 g/mol. The fraction of sp³-hybridized carbons (Fsp3) is 0.0588. The van der Waals surface area contributed by atoms with Crippen LogP contribution in [-0.4, -0.2) is 15.7 Å². The molecule has 3 aromatic rings. The van der Waals surface area contributed by atoms with E-state index in [4.69, 9.17) is 0 Å². The summed E-state index contributed by atoms with van der Waals surface area (Å²) in [5.41, 5.74) is 0.922. The molecular formula is C17H13F2N3O. The maximum atomic E-state index is 14.1. The van der Waals surface area contributed by atoms with Gasteiger partial charge in [-0.1, -0.05) is 12.1 Å². The van der Waals surface area contributed by atoms with E-state index < -0.39 is 17.5 Å². The second kappa shape index (κ2) is 6.00. The number of para-hydroxylation sites is 1. The second-order valence-electron chi connectivity index (χ2n) is 5.00. The van der Waals surface area contributed by atoms with Crippen molar-refractivity contribution in [3.05, 3.63) is 77.6 Å². The summed E-state index contributed by atoms with van der Waals surface area (Å²) in [4.78, 5) is 12.3. The highest BCUT2D eigenvalue weighted by Gasteiger charge is 2.15. The van der Waals surface area contributed by atoms with Gasteiger partial charge in [0, 0.05) is 18.0 Å². The molecule has 1 N–H and O–H groups in total. The zero-order valence-electron chi connectivity index (χ0n) is 12.3. The zero-order chi connectivity index (χ0) is 16.4. The van der Waals surface area contributed by atoms with Crippen molar-refractivity contribution in [1.29, 1.82) is 0 Å². The quantitative estimate of drug-likeness (QED) is 0.801. The molecule has 0 saturated heterocycles. The first-order chi connectivity index (χ1) is 11.1. The fourth-order valence-corrected chi connectivity index (χ4v) is 2.16. The number of anilines is 1. The lowest BCUT2D eigenvalue weighted by Gasteiger charge is -2.12. The minimum atomic E-state index is -0.598. The third-order valence-corrected chi connectivity index (χ3v) is 3.42. The van der Waals surface area contributed by atoms with Crippen LogP contribution in [0.2, 0.25) is 0 Å². The van der Waals surface area contributed by atoms with Crippen LogP contribution in [0.5, 0.6) is 0 Å². The normalized spacial score (nSPS) is 10.6. The minimum absolute atomic E-state index is 0.0119. The highest BCUT2D eigenvalue weighted by atomic mass is 19.1. The molecule has 0 radical (unpaired) electrons. The van der Waals surface area contributed by atoms with Gasteiger partial charge >= 0.3 is 0 Å². The van der Waals surface area contributed by atoms with E-state index >= 15 is 0 Å². The number of carbonyl (C=O) groups excluding carboxylic acids is 1. The Labute approximate surface area is 131 Å². The first kappa shape index (κ1) is 14.9. The molecule has 4 nitrogen and oxygen atoms in total. The van der Waals surface area contributed by atoms with E-state index in [0.29, 0.717) is 11.3 Å². The summed E-state index contributed by atoms with van der Waals surface area (Å²) < 4.78 is 29.2. The highest BCUT2D eigenvalue weighted by Crippen LogP contribution is 2.24. The van der Waals surface area contributed by atoms with Gasteiger partial charge in [-0.05, 0) is 42.8 Å². The molecule has 0 unspecified atom stereocenters. The Morgan fingerprint density at radius 1 is 1.13 bits per heavy atom. The average molecular weight is 313 g/mol. The molecule has 0 bridgehead atoms. The third-order valence-electron chi connectivity index (χ3n) is 3.42. The smallest absolute Gasteiger partial charge is 0.255 e. The van der Waals surface area contributed by atoms with Gasteiger partial charge in [0.05, 0.1) is 5.69 Å². The lowest BCUT2D eigenvalue weighted by atomic mass is 10.1. The number of rotatable bonds is 3. The molecule has 0 aliphatic rings. The lowest BCUT2D eigenvalue weighted by molar-refractivity contribution is 0.102. The van der Waals surface area contributed by atoms with Gasteiger partial charge in [-0.25, -0.2) is 13.5 Å². The predicted molar refractivity (Wildman–Crippen MR) is 82.6 cm³/mol.